The number of amides is 1. The first kappa shape index (κ1) is 14.8. The minimum Gasteiger partial charge on any atom is -0.497 e. The molecule has 2 aromatic carbocycles. The SMILES string of the molecule is COc1cccc(NC(=O)c2ccc(-c3cccnc3)cc2)c1. The molecule has 1 amide bonds. The molecule has 3 rings (SSSR count). The lowest BCUT2D eigenvalue weighted by molar-refractivity contribution is 0.102. The number of rotatable bonds is 4. The number of hydrogen-bond donors (Lipinski definition) is 1. The molecule has 0 fully saturated rings. The molecule has 0 aliphatic carbocycles. The van der Waals surface area contributed by atoms with Crippen LogP contribution in [0.2, 0.25) is 0 Å². The molecule has 0 aliphatic heterocycles. The number of anilines is 1. The van der Waals surface area contributed by atoms with Gasteiger partial charge in [0.1, 0.15) is 5.75 Å². The van der Waals surface area contributed by atoms with E-state index in [4.69, 9.17) is 4.74 Å². The Labute approximate surface area is 134 Å². The van der Waals surface area contributed by atoms with Crippen LogP contribution < -0.4 is 10.1 Å². The van der Waals surface area contributed by atoms with E-state index in [0.29, 0.717) is 17.0 Å². The third-order valence-corrected chi connectivity index (χ3v) is 3.47. The van der Waals surface area contributed by atoms with Crippen molar-refractivity contribution in [2.45, 2.75) is 0 Å². The zero-order chi connectivity index (χ0) is 16.1. The van der Waals surface area contributed by atoms with Crippen LogP contribution in [0.15, 0.2) is 73.1 Å². The molecule has 0 spiro atoms. The van der Waals surface area contributed by atoms with Crippen LogP contribution in [0.1, 0.15) is 10.4 Å². The first-order chi connectivity index (χ1) is 11.3. The van der Waals surface area contributed by atoms with Gasteiger partial charge in [0.2, 0.25) is 0 Å². The Balaban J connectivity index is 1.75. The van der Waals surface area contributed by atoms with Crippen LogP contribution in [0.4, 0.5) is 5.69 Å². The molecule has 0 radical (unpaired) electrons. The molecule has 0 saturated heterocycles. The highest BCUT2D eigenvalue weighted by atomic mass is 16.5. The van der Waals surface area contributed by atoms with Crippen molar-refractivity contribution in [2.75, 3.05) is 12.4 Å². The summed E-state index contributed by atoms with van der Waals surface area (Å²) >= 11 is 0. The zero-order valence-corrected chi connectivity index (χ0v) is 12.7. The van der Waals surface area contributed by atoms with E-state index in [1.165, 1.54) is 0 Å². The van der Waals surface area contributed by atoms with Crippen LogP contribution in [0, 0.1) is 0 Å². The molecule has 0 aliphatic rings. The van der Waals surface area contributed by atoms with Crippen molar-refractivity contribution in [3.63, 3.8) is 0 Å². The number of pyridine rings is 1. The largest absolute Gasteiger partial charge is 0.497 e. The van der Waals surface area contributed by atoms with Crippen molar-refractivity contribution in [3.8, 4) is 16.9 Å². The van der Waals surface area contributed by atoms with Crippen LogP contribution in [0.3, 0.4) is 0 Å². The van der Waals surface area contributed by atoms with Crippen molar-refractivity contribution < 1.29 is 9.53 Å². The van der Waals surface area contributed by atoms with E-state index >= 15 is 0 Å². The van der Waals surface area contributed by atoms with E-state index in [2.05, 4.69) is 10.3 Å². The molecule has 0 saturated carbocycles. The average Bonchev–Trinajstić information content (AvgIpc) is 2.63. The molecule has 0 atom stereocenters. The number of aromatic nitrogens is 1. The second-order valence-corrected chi connectivity index (χ2v) is 5.01. The monoisotopic (exact) mass is 304 g/mol. The maximum absolute atomic E-state index is 12.3. The van der Waals surface area contributed by atoms with Crippen LogP contribution >= 0.6 is 0 Å². The van der Waals surface area contributed by atoms with Gasteiger partial charge in [0.15, 0.2) is 0 Å². The second-order valence-electron chi connectivity index (χ2n) is 5.01. The third kappa shape index (κ3) is 3.55. The van der Waals surface area contributed by atoms with Crippen LogP contribution in [0.5, 0.6) is 5.75 Å². The van der Waals surface area contributed by atoms with Crippen molar-refractivity contribution in [1.82, 2.24) is 4.98 Å². The fraction of sp³-hybridized carbons (Fsp3) is 0.0526. The van der Waals surface area contributed by atoms with E-state index in [1.807, 2.05) is 42.5 Å². The highest BCUT2D eigenvalue weighted by molar-refractivity contribution is 6.04. The summed E-state index contributed by atoms with van der Waals surface area (Å²) in [4.78, 5) is 16.4. The predicted molar refractivity (Wildman–Crippen MR) is 90.6 cm³/mol. The van der Waals surface area contributed by atoms with Gasteiger partial charge in [0.25, 0.3) is 5.91 Å². The molecular weight excluding hydrogens is 288 g/mol. The maximum atomic E-state index is 12.3. The van der Waals surface area contributed by atoms with E-state index < -0.39 is 0 Å². The number of hydrogen-bond acceptors (Lipinski definition) is 3. The van der Waals surface area contributed by atoms with Crippen molar-refractivity contribution in [1.29, 1.82) is 0 Å². The standard InChI is InChI=1S/C19H16N2O2/c1-23-18-6-2-5-17(12-18)21-19(22)15-9-7-14(8-10-15)16-4-3-11-20-13-16/h2-13H,1H3,(H,21,22). The number of carbonyl (C=O) groups excluding carboxylic acids is 1. The molecular formula is C19H16N2O2. The van der Waals surface area contributed by atoms with Crippen molar-refractivity contribution in [2.24, 2.45) is 0 Å². The van der Waals surface area contributed by atoms with Crippen LogP contribution in [-0.2, 0) is 0 Å². The Morgan fingerprint density at radius 3 is 2.52 bits per heavy atom. The topological polar surface area (TPSA) is 51.2 Å². The quantitative estimate of drug-likeness (QED) is 0.792. The third-order valence-electron chi connectivity index (χ3n) is 3.47. The summed E-state index contributed by atoms with van der Waals surface area (Å²) in [6.07, 6.45) is 3.53. The zero-order valence-electron chi connectivity index (χ0n) is 12.7. The number of methoxy groups -OCH3 is 1. The summed E-state index contributed by atoms with van der Waals surface area (Å²) in [7, 11) is 1.60. The molecule has 1 aromatic heterocycles. The first-order valence-electron chi connectivity index (χ1n) is 7.22. The molecule has 1 heterocycles. The van der Waals surface area contributed by atoms with Gasteiger partial charge in [-0.2, -0.15) is 0 Å². The van der Waals surface area contributed by atoms with E-state index in [9.17, 15) is 4.79 Å². The Morgan fingerprint density at radius 2 is 1.83 bits per heavy atom. The van der Waals surface area contributed by atoms with Crippen molar-refractivity contribution >= 4 is 11.6 Å². The molecule has 114 valence electrons. The van der Waals surface area contributed by atoms with Gasteiger partial charge in [0.05, 0.1) is 7.11 Å². The Morgan fingerprint density at radius 1 is 1.00 bits per heavy atom. The highest BCUT2D eigenvalue weighted by Crippen LogP contribution is 2.20. The van der Waals surface area contributed by atoms with Crippen molar-refractivity contribution in [3.05, 3.63) is 78.6 Å². The summed E-state index contributed by atoms with van der Waals surface area (Å²) in [5.41, 5.74) is 3.34. The van der Waals surface area contributed by atoms with Gasteiger partial charge in [-0.15, -0.1) is 0 Å². The van der Waals surface area contributed by atoms with Gasteiger partial charge in [-0.25, -0.2) is 0 Å². The Kier molecular flexibility index (Phi) is 4.34. The maximum Gasteiger partial charge on any atom is 0.255 e. The smallest absolute Gasteiger partial charge is 0.255 e. The normalized spacial score (nSPS) is 10.1. The molecule has 4 nitrogen and oxygen atoms in total. The van der Waals surface area contributed by atoms with Gasteiger partial charge in [-0.1, -0.05) is 24.3 Å². The van der Waals surface area contributed by atoms with Crippen LogP contribution in [0.25, 0.3) is 11.1 Å². The molecule has 0 bridgehead atoms. The number of ether oxygens (including phenoxy) is 1. The van der Waals surface area contributed by atoms with Gasteiger partial charge in [-0.05, 0) is 41.5 Å². The van der Waals surface area contributed by atoms with E-state index in [0.717, 1.165) is 11.1 Å². The van der Waals surface area contributed by atoms with Gasteiger partial charge >= 0.3 is 0 Å². The molecule has 23 heavy (non-hydrogen) atoms. The summed E-state index contributed by atoms with van der Waals surface area (Å²) in [6, 6.07) is 18.6. The Bertz CT molecular complexity index is 799. The molecule has 4 heteroatoms. The average molecular weight is 304 g/mol. The van der Waals surface area contributed by atoms with Gasteiger partial charge in [-0.3, -0.25) is 9.78 Å². The minimum atomic E-state index is -0.156. The summed E-state index contributed by atoms with van der Waals surface area (Å²) < 4.78 is 5.15. The number of carbonyl (C=O) groups is 1. The predicted octanol–water partition coefficient (Wildman–Crippen LogP) is 4.01. The first-order valence-corrected chi connectivity index (χ1v) is 7.22. The van der Waals surface area contributed by atoms with Gasteiger partial charge in [0, 0.05) is 29.7 Å². The molecule has 1 N–H and O–H groups in total. The van der Waals surface area contributed by atoms with E-state index in [-0.39, 0.29) is 5.91 Å². The molecule has 3 aromatic rings. The fourth-order valence-corrected chi connectivity index (χ4v) is 2.25. The minimum absolute atomic E-state index is 0.156. The Hall–Kier alpha value is -3.14. The number of benzene rings is 2. The number of nitrogens with one attached hydrogen (secondary N) is 1. The summed E-state index contributed by atoms with van der Waals surface area (Å²) in [6.45, 7) is 0. The highest BCUT2D eigenvalue weighted by Gasteiger charge is 2.07. The van der Waals surface area contributed by atoms with Gasteiger partial charge < -0.3 is 10.1 Å². The van der Waals surface area contributed by atoms with Crippen LogP contribution in [-0.4, -0.2) is 18.0 Å². The fourth-order valence-electron chi connectivity index (χ4n) is 2.25. The molecule has 0 unspecified atom stereocenters. The lowest BCUT2D eigenvalue weighted by Gasteiger charge is -2.08. The lowest BCUT2D eigenvalue weighted by Crippen LogP contribution is -2.11. The second kappa shape index (κ2) is 6.75. The van der Waals surface area contributed by atoms with E-state index in [1.54, 1.807) is 37.7 Å². The summed E-state index contributed by atoms with van der Waals surface area (Å²) in [5.74, 6) is 0.547. The summed E-state index contributed by atoms with van der Waals surface area (Å²) in [5, 5.41) is 2.86. The number of nitrogens with zero attached hydrogens (tertiary/aromatic N) is 1. The lowest BCUT2D eigenvalue weighted by atomic mass is 10.1.